The molecule has 0 aliphatic heterocycles. The number of urea groups is 1. The number of benzene rings is 2. The number of alkyl halides is 3. The molecule has 0 aliphatic rings. The zero-order valence-electron chi connectivity index (χ0n) is 17.9. The Kier molecular flexibility index (Phi) is 6.82. The van der Waals surface area contributed by atoms with Crippen LogP contribution in [0.4, 0.5) is 29.3 Å². The molecule has 2 amide bonds. The van der Waals surface area contributed by atoms with E-state index in [9.17, 15) is 27.9 Å². The van der Waals surface area contributed by atoms with Crippen molar-refractivity contribution in [3.05, 3.63) is 95.3 Å². The second kappa shape index (κ2) is 9.97. The molecule has 12 heteroatoms. The Morgan fingerprint density at radius 2 is 1.74 bits per heavy atom. The first-order valence-electron chi connectivity index (χ1n) is 10.1. The van der Waals surface area contributed by atoms with E-state index in [0.717, 1.165) is 4.57 Å². The average molecular weight is 501 g/mol. The molecule has 2 aromatic carbocycles. The van der Waals surface area contributed by atoms with Crippen LogP contribution in [0.25, 0.3) is 5.69 Å². The van der Waals surface area contributed by atoms with Gasteiger partial charge in [0.15, 0.2) is 0 Å². The number of aromatic nitrogens is 3. The summed E-state index contributed by atoms with van der Waals surface area (Å²) >= 11 is -0.274. The largest absolute Gasteiger partial charge is 0.493 e. The highest BCUT2D eigenvalue weighted by Gasteiger charge is 2.29. The van der Waals surface area contributed by atoms with E-state index in [1.807, 2.05) is 6.07 Å². The van der Waals surface area contributed by atoms with Crippen LogP contribution in [-0.4, -0.2) is 30.8 Å². The number of nitrogens with one attached hydrogen (secondary N) is 2. The van der Waals surface area contributed by atoms with Crippen LogP contribution in [0.1, 0.15) is 5.56 Å². The highest BCUT2D eigenvalue weighted by Crippen LogP contribution is 2.37. The van der Waals surface area contributed by atoms with Gasteiger partial charge in [-0.25, -0.2) is 14.2 Å². The molecule has 0 aliphatic carbocycles. The number of hydrogen-bond donors (Lipinski definition) is 3. The van der Waals surface area contributed by atoms with E-state index in [-0.39, 0.29) is 28.9 Å². The van der Waals surface area contributed by atoms with Crippen molar-refractivity contribution >= 4 is 29.2 Å². The number of aromatic hydroxyl groups is 1. The predicted molar refractivity (Wildman–Crippen MR) is 126 cm³/mol. The second-order valence-electron chi connectivity index (χ2n) is 7.25. The summed E-state index contributed by atoms with van der Waals surface area (Å²) < 4.78 is 39.8. The third-order valence-corrected chi connectivity index (χ3v) is 5.54. The monoisotopic (exact) mass is 501 g/mol. The lowest BCUT2D eigenvalue weighted by Gasteiger charge is -2.12. The molecule has 4 aromatic rings. The molecule has 0 unspecified atom stereocenters. The predicted octanol–water partition coefficient (Wildman–Crippen LogP) is 5.04. The van der Waals surface area contributed by atoms with Crippen LogP contribution in [0.5, 0.6) is 5.88 Å². The Morgan fingerprint density at radius 1 is 1.03 bits per heavy atom. The van der Waals surface area contributed by atoms with E-state index < -0.39 is 23.1 Å². The van der Waals surface area contributed by atoms with Gasteiger partial charge in [-0.1, -0.05) is 18.2 Å². The number of imidazole rings is 1. The van der Waals surface area contributed by atoms with Gasteiger partial charge in [0.05, 0.1) is 30.3 Å². The fraction of sp³-hybridized carbons (Fsp3) is 0.0870. The van der Waals surface area contributed by atoms with Crippen molar-refractivity contribution in [1.82, 2.24) is 14.1 Å². The fourth-order valence-corrected chi connectivity index (χ4v) is 3.83. The Morgan fingerprint density at radius 3 is 2.43 bits per heavy atom. The molecular weight excluding hydrogens is 483 g/mol. The van der Waals surface area contributed by atoms with Gasteiger partial charge in [0, 0.05) is 16.8 Å². The van der Waals surface area contributed by atoms with Gasteiger partial charge in [-0.3, -0.25) is 9.55 Å². The zero-order valence-corrected chi connectivity index (χ0v) is 18.7. The third-order valence-electron chi connectivity index (χ3n) is 4.80. The molecule has 2 aromatic heterocycles. The van der Waals surface area contributed by atoms with Crippen LogP contribution in [0.2, 0.25) is 0 Å². The molecule has 0 radical (unpaired) electrons. The second-order valence-corrected chi connectivity index (χ2v) is 8.39. The van der Waals surface area contributed by atoms with E-state index in [2.05, 4.69) is 15.6 Å². The number of carbonyl (C=O) groups is 1. The average Bonchev–Trinajstić information content (AvgIpc) is 3.08. The minimum absolute atomic E-state index is 0.00905. The number of pyridine rings is 1. The molecule has 0 spiro atoms. The van der Waals surface area contributed by atoms with E-state index in [4.69, 9.17) is 0 Å². The molecule has 0 fully saturated rings. The van der Waals surface area contributed by atoms with Crippen molar-refractivity contribution < 1.29 is 23.1 Å². The summed E-state index contributed by atoms with van der Waals surface area (Å²) in [7, 11) is 0. The quantitative estimate of drug-likeness (QED) is 0.321. The topological polar surface area (TPSA) is 101 Å². The minimum Gasteiger partial charge on any atom is -0.493 e. The van der Waals surface area contributed by atoms with E-state index >= 15 is 0 Å². The summed E-state index contributed by atoms with van der Waals surface area (Å²) in [6.07, 6.45) is 4.13. The molecule has 3 N–H and O–H groups in total. The van der Waals surface area contributed by atoms with Crippen molar-refractivity contribution in [1.29, 1.82) is 0 Å². The van der Waals surface area contributed by atoms with Crippen molar-refractivity contribution in [3.8, 4) is 11.6 Å². The lowest BCUT2D eigenvalue weighted by molar-refractivity contribution is -0.0328. The summed E-state index contributed by atoms with van der Waals surface area (Å²) in [5, 5.41) is 15.7. The van der Waals surface area contributed by atoms with Gasteiger partial charge < -0.3 is 15.7 Å². The van der Waals surface area contributed by atoms with Crippen LogP contribution in [0.15, 0.2) is 88.9 Å². The number of thioether (sulfide) groups is 1. The first-order valence-corrected chi connectivity index (χ1v) is 10.9. The number of carbonyl (C=O) groups excluding carboxylic acids is 1. The molecule has 0 saturated heterocycles. The molecule has 8 nitrogen and oxygen atoms in total. The van der Waals surface area contributed by atoms with Crippen LogP contribution in [-0.2, 0) is 6.54 Å². The van der Waals surface area contributed by atoms with Crippen molar-refractivity contribution in [2.24, 2.45) is 0 Å². The van der Waals surface area contributed by atoms with Crippen molar-refractivity contribution in [2.45, 2.75) is 16.9 Å². The summed E-state index contributed by atoms with van der Waals surface area (Å²) in [6, 6.07) is 15.0. The van der Waals surface area contributed by atoms with Crippen molar-refractivity contribution in [3.63, 3.8) is 0 Å². The maximum absolute atomic E-state index is 12.9. The first-order chi connectivity index (χ1) is 16.7. The Labute approximate surface area is 201 Å². The Balaban J connectivity index is 1.54. The molecule has 4 rings (SSSR count). The van der Waals surface area contributed by atoms with Crippen LogP contribution in [0, 0.1) is 0 Å². The summed E-state index contributed by atoms with van der Waals surface area (Å²) in [5.74, 6) is -0.392. The standard InChI is InChI=1S/C23H18F3N5O3S/c24-23(25,26)35-18-8-6-17(7-9-18)31-20(32)14-30(22(31)34)13-15-10-11-27-12-19(15)29-21(33)28-16-4-2-1-3-5-16/h1-12,14,32H,13H2,(H2,28,29,33). The van der Waals surface area contributed by atoms with Gasteiger partial charge in [0.2, 0.25) is 5.88 Å². The lowest BCUT2D eigenvalue weighted by atomic mass is 10.2. The SMILES string of the molecule is O=C(Nc1ccccc1)Nc1cnccc1Cn1cc(O)n(-c2ccc(SC(F)(F)F)cc2)c1=O. The number of para-hydroxylation sites is 1. The molecule has 0 bridgehead atoms. The highest BCUT2D eigenvalue weighted by atomic mass is 32.2. The minimum atomic E-state index is -4.43. The number of anilines is 2. The van der Waals surface area contributed by atoms with Crippen LogP contribution in [0.3, 0.4) is 0 Å². The van der Waals surface area contributed by atoms with Crippen molar-refractivity contribution in [2.75, 3.05) is 10.6 Å². The third kappa shape index (κ3) is 6.03. The maximum atomic E-state index is 12.9. The fourth-order valence-electron chi connectivity index (χ4n) is 3.30. The molecule has 35 heavy (non-hydrogen) atoms. The lowest BCUT2D eigenvalue weighted by Crippen LogP contribution is -2.25. The first kappa shape index (κ1) is 24.0. The molecule has 0 atom stereocenters. The highest BCUT2D eigenvalue weighted by molar-refractivity contribution is 8.00. The number of rotatable bonds is 6. The molecular formula is C23H18F3N5O3S. The van der Waals surface area contributed by atoms with Crippen LogP contribution < -0.4 is 16.3 Å². The molecule has 2 heterocycles. The Bertz CT molecular complexity index is 1390. The van der Waals surface area contributed by atoms with Gasteiger partial charge >= 0.3 is 17.2 Å². The number of halogens is 3. The van der Waals surface area contributed by atoms with E-state index in [1.165, 1.54) is 47.4 Å². The van der Waals surface area contributed by atoms with E-state index in [0.29, 0.717) is 16.9 Å². The summed E-state index contributed by atoms with van der Waals surface area (Å²) in [6.45, 7) is -0.00905. The summed E-state index contributed by atoms with van der Waals surface area (Å²) in [5.41, 5.74) is -3.36. The Hall–Kier alpha value is -4.19. The van der Waals surface area contributed by atoms with Gasteiger partial charge in [-0.05, 0) is 59.8 Å². The number of hydrogen-bond acceptors (Lipinski definition) is 5. The van der Waals surface area contributed by atoms with Crippen LogP contribution >= 0.6 is 11.8 Å². The van der Waals surface area contributed by atoms with Gasteiger partial charge in [0.1, 0.15) is 0 Å². The maximum Gasteiger partial charge on any atom is 0.446 e. The molecule has 0 saturated carbocycles. The summed E-state index contributed by atoms with van der Waals surface area (Å²) in [4.78, 5) is 29.3. The van der Waals surface area contributed by atoms with Gasteiger partial charge in [-0.15, -0.1) is 0 Å². The van der Waals surface area contributed by atoms with Gasteiger partial charge in [-0.2, -0.15) is 13.2 Å². The van der Waals surface area contributed by atoms with E-state index in [1.54, 1.807) is 30.3 Å². The number of nitrogens with zero attached hydrogens (tertiary/aromatic N) is 3. The number of amides is 2. The zero-order chi connectivity index (χ0) is 25.0. The van der Waals surface area contributed by atoms with Gasteiger partial charge in [0.25, 0.3) is 0 Å². The molecule has 180 valence electrons. The normalized spacial score (nSPS) is 11.3. The smallest absolute Gasteiger partial charge is 0.446 e.